The topological polar surface area (TPSA) is 45.7 Å². The highest BCUT2D eigenvalue weighted by Gasteiger charge is 2.30. The number of guanidine groups is 1. The van der Waals surface area contributed by atoms with Crippen molar-refractivity contribution in [1.82, 2.24) is 10.6 Å². The number of nitrogens with zero attached hydrogens (tertiary/aromatic N) is 1. The second-order valence-electron chi connectivity index (χ2n) is 4.19. The molecule has 0 aliphatic rings. The van der Waals surface area contributed by atoms with Crippen LogP contribution in [0.3, 0.4) is 0 Å². The predicted molar refractivity (Wildman–Crippen MR) is 79.8 cm³/mol. The van der Waals surface area contributed by atoms with Gasteiger partial charge in [-0.05, 0) is 25.1 Å². The first-order valence-electron chi connectivity index (χ1n) is 6.73. The molecule has 0 spiro atoms. The summed E-state index contributed by atoms with van der Waals surface area (Å²) in [5.74, 6) is 3.12. The van der Waals surface area contributed by atoms with Crippen LogP contribution in [0.2, 0.25) is 0 Å². The lowest BCUT2D eigenvalue weighted by molar-refractivity contribution is -0.137. The van der Waals surface area contributed by atoms with E-state index in [0.29, 0.717) is 19.0 Å². The Morgan fingerprint density at radius 1 is 1.36 bits per heavy atom. The SMILES string of the molecule is C#CCNC(=NCCOc1cccc(C(F)(F)F)c1)NCC. The Labute approximate surface area is 127 Å². The van der Waals surface area contributed by atoms with Crippen LogP contribution < -0.4 is 15.4 Å². The fourth-order valence-corrected chi connectivity index (χ4v) is 1.56. The smallest absolute Gasteiger partial charge is 0.416 e. The van der Waals surface area contributed by atoms with Crippen LogP contribution >= 0.6 is 0 Å². The number of terminal acetylenes is 1. The van der Waals surface area contributed by atoms with Crippen molar-refractivity contribution >= 4 is 5.96 Å². The third-order valence-corrected chi connectivity index (χ3v) is 2.49. The quantitative estimate of drug-likeness (QED) is 0.366. The van der Waals surface area contributed by atoms with Crippen LogP contribution in [-0.4, -0.2) is 32.2 Å². The predicted octanol–water partition coefficient (Wildman–Crippen LogP) is 2.27. The summed E-state index contributed by atoms with van der Waals surface area (Å²) in [7, 11) is 0. The van der Waals surface area contributed by atoms with Crippen molar-refractivity contribution in [3.8, 4) is 18.1 Å². The van der Waals surface area contributed by atoms with E-state index in [9.17, 15) is 13.2 Å². The molecule has 1 rings (SSSR count). The molecule has 0 fully saturated rings. The number of rotatable bonds is 6. The number of hydrogen-bond donors (Lipinski definition) is 2. The normalized spacial score (nSPS) is 11.7. The summed E-state index contributed by atoms with van der Waals surface area (Å²) < 4.78 is 42.9. The molecule has 0 heterocycles. The number of hydrogen-bond acceptors (Lipinski definition) is 2. The van der Waals surface area contributed by atoms with E-state index in [-0.39, 0.29) is 18.9 Å². The lowest BCUT2D eigenvalue weighted by Gasteiger charge is -2.11. The fourth-order valence-electron chi connectivity index (χ4n) is 1.56. The lowest BCUT2D eigenvalue weighted by Crippen LogP contribution is -2.37. The first kappa shape index (κ1) is 17.7. The maximum Gasteiger partial charge on any atom is 0.416 e. The second kappa shape index (κ2) is 8.82. The van der Waals surface area contributed by atoms with Gasteiger partial charge in [0.05, 0.1) is 18.7 Å². The molecule has 7 heteroatoms. The summed E-state index contributed by atoms with van der Waals surface area (Å²) in [5.41, 5.74) is -0.738. The molecular weight excluding hydrogens is 295 g/mol. The molecule has 1 aromatic rings. The molecule has 0 bridgehead atoms. The zero-order chi connectivity index (χ0) is 16.4. The standard InChI is InChI=1S/C15H18F3N3O/c1-3-8-20-14(19-4-2)21-9-10-22-13-7-5-6-12(11-13)15(16,17)18/h1,5-7,11H,4,8-10H2,2H3,(H2,19,20,21). The van der Waals surface area contributed by atoms with Crippen molar-refractivity contribution in [2.75, 3.05) is 26.2 Å². The van der Waals surface area contributed by atoms with Crippen LogP contribution in [0, 0.1) is 12.3 Å². The van der Waals surface area contributed by atoms with Crippen LogP contribution in [0.1, 0.15) is 12.5 Å². The van der Waals surface area contributed by atoms with E-state index in [2.05, 4.69) is 21.5 Å². The molecule has 0 saturated heterocycles. The van der Waals surface area contributed by atoms with E-state index >= 15 is 0 Å². The Morgan fingerprint density at radius 2 is 2.14 bits per heavy atom. The Balaban J connectivity index is 2.51. The first-order chi connectivity index (χ1) is 10.5. The Bertz CT molecular complexity index is 536. The number of alkyl halides is 3. The molecule has 0 radical (unpaired) electrons. The van der Waals surface area contributed by atoms with Gasteiger partial charge in [-0.25, -0.2) is 4.99 Å². The summed E-state index contributed by atoms with van der Waals surface area (Å²) in [5, 5.41) is 5.88. The molecule has 4 nitrogen and oxygen atoms in total. The summed E-state index contributed by atoms with van der Waals surface area (Å²) in [4.78, 5) is 4.19. The number of nitrogens with one attached hydrogen (secondary N) is 2. The van der Waals surface area contributed by atoms with Gasteiger partial charge in [0.2, 0.25) is 0 Å². The van der Waals surface area contributed by atoms with Crippen molar-refractivity contribution in [1.29, 1.82) is 0 Å². The highest BCUT2D eigenvalue weighted by Crippen LogP contribution is 2.31. The molecule has 0 aromatic heterocycles. The Morgan fingerprint density at radius 3 is 2.77 bits per heavy atom. The van der Waals surface area contributed by atoms with Gasteiger partial charge in [-0.15, -0.1) is 6.42 Å². The van der Waals surface area contributed by atoms with E-state index in [0.717, 1.165) is 12.1 Å². The fraction of sp³-hybridized carbons (Fsp3) is 0.400. The monoisotopic (exact) mass is 313 g/mol. The van der Waals surface area contributed by atoms with Gasteiger partial charge in [0.25, 0.3) is 0 Å². The van der Waals surface area contributed by atoms with Crippen LogP contribution in [0.25, 0.3) is 0 Å². The average Bonchev–Trinajstić information content (AvgIpc) is 2.48. The minimum absolute atomic E-state index is 0.159. The molecule has 22 heavy (non-hydrogen) atoms. The summed E-state index contributed by atoms with van der Waals surface area (Å²) >= 11 is 0. The van der Waals surface area contributed by atoms with E-state index in [1.807, 2.05) is 6.92 Å². The maximum atomic E-state index is 12.6. The van der Waals surface area contributed by atoms with E-state index in [4.69, 9.17) is 11.2 Å². The number of benzene rings is 1. The minimum Gasteiger partial charge on any atom is -0.492 e. The van der Waals surface area contributed by atoms with Crippen molar-refractivity contribution < 1.29 is 17.9 Å². The molecule has 0 saturated carbocycles. The van der Waals surface area contributed by atoms with E-state index < -0.39 is 11.7 Å². The molecule has 2 N–H and O–H groups in total. The molecular formula is C15H18F3N3O. The summed E-state index contributed by atoms with van der Waals surface area (Å²) in [6.07, 6.45) is 0.761. The van der Waals surface area contributed by atoms with Crippen LogP contribution in [0.4, 0.5) is 13.2 Å². The number of halogens is 3. The zero-order valence-corrected chi connectivity index (χ0v) is 12.2. The molecule has 0 aliphatic carbocycles. The Hall–Kier alpha value is -2.36. The van der Waals surface area contributed by atoms with Gasteiger partial charge in [0.1, 0.15) is 12.4 Å². The van der Waals surface area contributed by atoms with E-state index in [1.165, 1.54) is 12.1 Å². The van der Waals surface area contributed by atoms with Crippen molar-refractivity contribution in [2.45, 2.75) is 13.1 Å². The van der Waals surface area contributed by atoms with Crippen LogP contribution in [0.5, 0.6) is 5.75 Å². The second-order valence-corrected chi connectivity index (χ2v) is 4.19. The van der Waals surface area contributed by atoms with Crippen molar-refractivity contribution in [2.24, 2.45) is 4.99 Å². The van der Waals surface area contributed by atoms with Gasteiger partial charge < -0.3 is 15.4 Å². The minimum atomic E-state index is -4.38. The third kappa shape index (κ3) is 6.39. The highest BCUT2D eigenvalue weighted by molar-refractivity contribution is 5.79. The zero-order valence-electron chi connectivity index (χ0n) is 12.2. The molecule has 0 unspecified atom stereocenters. The van der Waals surface area contributed by atoms with Gasteiger partial charge in [-0.1, -0.05) is 12.0 Å². The molecule has 0 atom stereocenters. The van der Waals surface area contributed by atoms with Gasteiger partial charge in [-0.3, -0.25) is 0 Å². The van der Waals surface area contributed by atoms with Crippen LogP contribution in [-0.2, 0) is 6.18 Å². The number of aliphatic imine (C=N–C) groups is 1. The largest absolute Gasteiger partial charge is 0.492 e. The van der Waals surface area contributed by atoms with Crippen molar-refractivity contribution in [3.63, 3.8) is 0 Å². The van der Waals surface area contributed by atoms with Gasteiger partial charge in [0.15, 0.2) is 5.96 Å². The van der Waals surface area contributed by atoms with Crippen molar-refractivity contribution in [3.05, 3.63) is 29.8 Å². The molecule has 120 valence electrons. The van der Waals surface area contributed by atoms with Gasteiger partial charge in [0, 0.05) is 6.54 Å². The number of ether oxygens (including phenoxy) is 1. The highest BCUT2D eigenvalue weighted by atomic mass is 19.4. The summed E-state index contributed by atoms with van der Waals surface area (Å²) in [6.45, 7) is 3.36. The summed E-state index contributed by atoms with van der Waals surface area (Å²) in [6, 6.07) is 4.74. The molecule has 0 amide bonds. The molecule has 1 aromatic carbocycles. The van der Waals surface area contributed by atoms with Gasteiger partial charge >= 0.3 is 6.18 Å². The maximum absolute atomic E-state index is 12.6. The van der Waals surface area contributed by atoms with E-state index in [1.54, 1.807) is 0 Å². The lowest BCUT2D eigenvalue weighted by atomic mass is 10.2. The molecule has 0 aliphatic heterocycles. The first-order valence-corrected chi connectivity index (χ1v) is 6.73. The van der Waals surface area contributed by atoms with Gasteiger partial charge in [-0.2, -0.15) is 13.2 Å². The average molecular weight is 313 g/mol. The third-order valence-electron chi connectivity index (χ3n) is 2.49. The Kier molecular flexibility index (Phi) is 7.09. The van der Waals surface area contributed by atoms with Crippen LogP contribution in [0.15, 0.2) is 29.3 Å².